The summed E-state index contributed by atoms with van der Waals surface area (Å²) >= 11 is 5.54. The normalized spacial score (nSPS) is 8.11. The number of halogens is 2. The van der Waals surface area contributed by atoms with Gasteiger partial charge in [0.2, 0.25) is 6.20 Å². The first-order valence-corrected chi connectivity index (χ1v) is 2.59. The molecule has 0 saturated heterocycles. The highest BCUT2D eigenvalue weighted by Crippen LogP contribution is 1.99. The monoisotopic (exact) mass is 256 g/mol. The molecular weight excluding hydrogens is 250 g/mol. The van der Waals surface area contributed by atoms with E-state index in [0.717, 1.165) is 0 Å². The van der Waals surface area contributed by atoms with Crippen LogP contribution in [0.15, 0.2) is 24.5 Å². The Balaban J connectivity index is 0.000000640. The number of rotatable bonds is 0. The molecule has 0 aliphatic carbocycles. The van der Waals surface area contributed by atoms with E-state index >= 15 is 0 Å². The molecule has 0 unspecified atom stereocenters. The summed E-state index contributed by atoms with van der Waals surface area (Å²) < 4.78 is 1.41. The molecule has 1 heterocycles. The molecule has 0 aliphatic rings. The molecule has 1 aromatic rings. The fraction of sp³-hybridized carbons (Fsp3) is 0. The number of hydrogen-bond acceptors (Lipinski definition) is 1. The van der Waals surface area contributed by atoms with Gasteiger partial charge in [-0.25, -0.2) is 5.84 Å². The SMILES string of the molecule is N[n+]1cccc(Cl)c1.[I-]. The second-order valence-electron chi connectivity index (χ2n) is 1.47. The molecule has 0 fully saturated rings. The third-order valence-electron chi connectivity index (χ3n) is 0.786. The Bertz CT molecular complexity index is 175. The summed E-state index contributed by atoms with van der Waals surface area (Å²) in [5.41, 5.74) is 0. The average Bonchev–Trinajstić information content (AvgIpc) is 1.64. The van der Waals surface area contributed by atoms with Gasteiger partial charge in [-0.15, -0.1) is 0 Å². The van der Waals surface area contributed by atoms with E-state index in [2.05, 4.69) is 0 Å². The Morgan fingerprint density at radius 3 is 2.56 bits per heavy atom. The predicted molar refractivity (Wildman–Crippen MR) is 31.8 cm³/mol. The Kier molecular flexibility index (Phi) is 3.88. The topological polar surface area (TPSA) is 29.9 Å². The molecule has 0 aromatic carbocycles. The second kappa shape index (κ2) is 3.90. The zero-order valence-electron chi connectivity index (χ0n) is 4.59. The lowest BCUT2D eigenvalue weighted by atomic mass is 10.5. The first kappa shape index (κ1) is 8.97. The minimum Gasteiger partial charge on any atom is -1.00 e. The molecule has 0 aliphatic heterocycles. The van der Waals surface area contributed by atoms with Crippen molar-refractivity contribution < 1.29 is 28.7 Å². The fourth-order valence-electron chi connectivity index (χ4n) is 0.463. The van der Waals surface area contributed by atoms with Crippen molar-refractivity contribution in [2.24, 2.45) is 0 Å². The first-order chi connectivity index (χ1) is 3.79. The van der Waals surface area contributed by atoms with Crippen LogP contribution in [0, 0.1) is 0 Å². The van der Waals surface area contributed by atoms with Crippen LogP contribution in [0.4, 0.5) is 0 Å². The van der Waals surface area contributed by atoms with E-state index in [4.69, 9.17) is 17.4 Å². The third-order valence-corrected chi connectivity index (χ3v) is 1.01. The van der Waals surface area contributed by atoms with Crippen molar-refractivity contribution in [3.8, 4) is 0 Å². The Morgan fingerprint density at radius 1 is 1.56 bits per heavy atom. The minimum atomic E-state index is 0. The summed E-state index contributed by atoms with van der Waals surface area (Å²) in [6.45, 7) is 0. The van der Waals surface area contributed by atoms with E-state index in [1.807, 2.05) is 0 Å². The van der Waals surface area contributed by atoms with Gasteiger partial charge in [0.25, 0.3) is 0 Å². The van der Waals surface area contributed by atoms with Crippen molar-refractivity contribution in [2.75, 3.05) is 5.84 Å². The zero-order chi connectivity index (χ0) is 5.98. The van der Waals surface area contributed by atoms with Gasteiger partial charge in [-0.1, -0.05) is 16.3 Å². The van der Waals surface area contributed by atoms with Crippen LogP contribution in [-0.2, 0) is 0 Å². The predicted octanol–water partition coefficient (Wildman–Crippen LogP) is -2.65. The molecule has 9 heavy (non-hydrogen) atoms. The summed E-state index contributed by atoms with van der Waals surface area (Å²) in [6, 6.07) is 3.55. The number of pyridine rings is 1. The molecule has 0 atom stereocenters. The number of hydrogen-bond donors (Lipinski definition) is 1. The molecule has 0 spiro atoms. The molecule has 0 radical (unpaired) electrons. The van der Waals surface area contributed by atoms with Gasteiger partial charge in [0.1, 0.15) is 5.02 Å². The van der Waals surface area contributed by atoms with Gasteiger partial charge in [0, 0.05) is 6.07 Å². The summed E-state index contributed by atoms with van der Waals surface area (Å²) in [5.74, 6) is 5.29. The second-order valence-corrected chi connectivity index (χ2v) is 1.91. The highest BCUT2D eigenvalue weighted by atomic mass is 127. The molecule has 2 nitrogen and oxygen atoms in total. The summed E-state index contributed by atoms with van der Waals surface area (Å²) in [6.07, 6.45) is 3.34. The van der Waals surface area contributed by atoms with Crippen LogP contribution in [0.2, 0.25) is 5.02 Å². The number of nitrogen functional groups attached to an aromatic ring is 1. The molecule has 0 bridgehead atoms. The van der Waals surface area contributed by atoms with Crippen molar-refractivity contribution in [1.82, 2.24) is 0 Å². The Morgan fingerprint density at radius 2 is 2.22 bits per heavy atom. The highest BCUT2D eigenvalue weighted by molar-refractivity contribution is 6.30. The van der Waals surface area contributed by atoms with Crippen molar-refractivity contribution in [3.63, 3.8) is 0 Å². The van der Waals surface area contributed by atoms with E-state index in [1.54, 1.807) is 24.5 Å². The number of aromatic nitrogens is 1. The third kappa shape index (κ3) is 2.86. The summed E-state index contributed by atoms with van der Waals surface area (Å²) in [5, 5.41) is 0.648. The molecule has 50 valence electrons. The molecule has 2 N–H and O–H groups in total. The molecule has 0 saturated carbocycles. The quantitative estimate of drug-likeness (QED) is 0.307. The van der Waals surface area contributed by atoms with E-state index in [1.165, 1.54) is 4.68 Å². The lowest BCUT2D eigenvalue weighted by molar-refractivity contribution is -0.638. The van der Waals surface area contributed by atoms with Gasteiger partial charge in [-0.3, -0.25) is 0 Å². The van der Waals surface area contributed by atoms with Gasteiger partial charge in [-0.2, -0.15) is 0 Å². The average molecular weight is 256 g/mol. The summed E-state index contributed by atoms with van der Waals surface area (Å²) in [4.78, 5) is 0. The van der Waals surface area contributed by atoms with Crippen LogP contribution >= 0.6 is 11.6 Å². The van der Waals surface area contributed by atoms with Gasteiger partial charge in [0.05, 0.1) is 0 Å². The van der Waals surface area contributed by atoms with Crippen molar-refractivity contribution in [2.45, 2.75) is 0 Å². The van der Waals surface area contributed by atoms with Gasteiger partial charge >= 0.3 is 0 Å². The van der Waals surface area contributed by atoms with Gasteiger partial charge in [-0.05, 0) is 6.07 Å². The van der Waals surface area contributed by atoms with Crippen molar-refractivity contribution in [3.05, 3.63) is 29.5 Å². The zero-order valence-corrected chi connectivity index (χ0v) is 7.50. The van der Waals surface area contributed by atoms with E-state index in [9.17, 15) is 0 Å². The standard InChI is InChI=1S/C5H6ClN2.HI/c6-5-2-1-3-8(7)4-5;/h1-4H,7H2;1H/q+1;/p-1. The van der Waals surface area contributed by atoms with Crippen molar-refractivity contribution >= 4 is 11.6 Å². The van der Waals surface area contributed by atoms with Crippen LogP contribution in [0.5, 0.6) is 0 Å². The highest BCUT2D eigenvalue weighted by Gasteiger charge is 1.90. The number of nitrogens with zero attached hydrogens (tertiary/aromatic N) is 1. The lowest BCUT2D eigenvalue weighted by Gasteiger charge is -1.82. The summed E-state index contributed by atoms with van der Waals surface area (Å²) in [7, 11) is 0. The largest absolute Gasteiger partial charge is 1.00 e. The smallest absolute Gasteiger partial charge is 0.217 e. The van der Waals surface area contributed by atoms with Crippen LogP contribution in [0.25, 0.3) is 0 Å². The van der Waals surface area contributed by atoms with Gasteiger partial charge in [0.15, 0.2) is 6.20 Å². The van der Waals surface area contributed by atoms with E-state index in [0.29, 0.717) is 5.02 Å². The van der Waals surface area contributed by atoms with Crippen LogP contribution < -0.4 is 34.5 Å². The van der Waals surface area contributed by atoms with Crippen LogP contribution in [0.1, 0.15) is 0 Å². The van der Waals surface area contributed by atoms with Crippen molar-refractivity contribution in [1.29, 1.82) is 0 Å². The van der Waals surface area contributed by atoms with E-state index in [-0.39, 0.29) is 24.0 Å². The Labute approximate surface area is 75.6 Å². The molecule has 1 rings (SSSR count). The van der Waals surface area contributed by atoms with Crippen LogP contribution in [0.3, 0.4) is 0 Å². The molecule has 0 amide bonds. The molecular formula is C5H6ClIN2. The minimum absolute atomic E-state index is 0. The number of nitrogens with two attached hydrogens (primary N) is 1. The fourth-order valence-corrected chi connectivity index (χ4v) is 0.648. The maximum absolute atomic E-state index is 5.54. The maximum atomic E-state index is 5.54. The van der Waals surface area contributed by atoms with E-state index < -0.39 is 0 Å². The lowest BCUT2D eigenvalue weighted by Crippen LogP contribution is -3.00. The van der Waals surface area contributed by atoms with Crippen LogP contribution in [-0.4, -0.2) is 0 Å². The first-order valence-electron chi connectivity index (χ1n) is 2.21. The maximum Gasteiger partial charge on any atom is 0.217 e. The molecule has 1 aromatic heterocycles. The molecule has 4 heteroatoms. The van der Waals surface area contributed by atoms with Gasteiger partial charge < -0.3 is 24.0 Å². The Hall–Kier alpha value is -0.0300.